The minimum Gasteiger partial charge on any atom is -0.340 e. The predicted molar refractivity (Wildman–Crippen MR) is 75.1 cm³/mol. The molecule has 1 amide bonds. The summed E-state index contributed by atoms with van der Waals surface area (Å²) in [5.41, 5.74) is 1.68. The first-order valence-corrected chi connectivity index (χ1v) is 6.12. The van der Waals surface area contributed by atoms with Gasteiger partial charge in [0.05, 0.1) is 17.4 Å². The van der Waals surface area contributed by atoms with Crippen LogP contribution in [0.5, 0.6) is 0 Å². The number of pyridine rings is 1. The van der Waals surface area contributed by atoms with E-state index in [-0.39, 0.29) is 11.7 Å². The molecule has 0 aliphatic carbocycles. The van der Waals surface area contributed by atoms with Crippen LogP contribution in [0.4, 0.5) is 10.1 Å². The van der Waals surface area contributed by atoms with Crippen molar-refractivity contribution in [3.8, 4) is 0 Å². The molecule has 0 saturated carbocycles. The number of aromatic nitrogens is 2. The number of anilines is 1. The average molecular weight is 269 g/mol. The predicted octanol–water partition coefficient (Wildman–Crippen LogP) is 2.96. The molecule has 1 aromatic carbocycles. The fourth-order valence-electron chi connectivity index (χ4n) is 2.17. The van der Waals surface area contributed by atoms with Gasteiger partial charge in [0.15, 0.2) is 0 Å². The molecule has 2 heterocycles. The number of nitrogens with one attached hydrogen (secondary N) is 1. The summed E-state index contributed by atoms with van der Waals surface area (Å²) in [4.78, 5) is 16.2. The third-order valence-electron chi connectivity index (χ3n) is 3.19. The molecule has 0 saturated heterocycles. The lowest BCUT2D eigenvalue weighted by Gasteiger charge is -2.05. The van der Waals surface area contributed by atoms with Gasteiger partial charge in [-0.3, -0.25) is 9.78 Å². The summed E-state index contributed by atoms with van der Waals surface area (Å²) in [6, 6.07) is 9.81. The van der Waals surface area contributed by atoms with E-state index in [0.717, 1.165) is 0 Å². The molecule has 20 heavy (non-hydrogen) atoms. The highest BCUT2D eigenvalue weighted by molar-refractivity contribution is 6.06. The number of rotatable bonds is 2. The number of nitrogens with zero attached hydrogens (tertiary/aromatic N) is 2. The molecule has 2 aromatic heterocycles. The maximum atomic E-state index is 13.7. The van der Waals surface area contributed by atoms with Gasteiger partial charge in [0.25, 0.3) is 5.91 Å². The number of fused-ring (bicyclic) bond motifs is 1. The molecule has 0 fully saturated rings. The van der Waals surface area contributed by atoms with Crippen LogP contribution in [0.1, 0.15) is 10.5 Å². The Hall–Kier alpha value is -2.69. The first-order valence-electron chi connectivity index (χ1n) is 6.12. The van der Waals surface area contributed by atoms with Crippen molar-refractivity contribution >= 4 is 22.5 Å². The van der Waals surface area contributed by atoms with Crippen LogP contribution < -0.4 is 5.32 Å². The molecule has 5 heteroatoms. The van der Waals surface area contributed by atoms with Crippen molar-refractivity contribution in [1.29, 1.82) is 0 Å². The molecule has 0 atom stereocenters. The Morgan fingerprint density at radius 2 is 2.15 bits per heavy atom. The molecule has 0 bridgehead atoms. The SMILES string of the molecule is Cn1c(C(=O)Nc2cccnc2)cc2c(F)cccc21. The average Bonchev–Trinajstić information content (AvgIpc) is 2.79. The van der Waals surface area contributed by atoms with Crippen molar-refractivity contribution in [2.45, 2.75) is 0 Å². The standard InChI is InChI=1S/C15H12FN3O/c1-19-13-6-2-5-12(16)11(13)8-14(19)15(20)18-10-4-3-7-17-9-10/h2-9H,1H3,(H,18,20). The van der Waals surface area contributed by atoms with Gasteiger partial charge in [-0.2, -0.15) is 0 Å². The zero-order valence-electron chi connectivity index (χ0n) is 10.8. The first-order chi connectivity index (χ1) is 9.66. The Morgan fingerprint density at radius 1 is 1.30 bits per heavy atom. The molecule has 3 rings (SSSR count). The van der Waals surface area contributed by atoms with Crippen molar-refractivity contribution in [3.05, 3.63) is 60.3 Å². The fraction of sp³-hybridized carbons (Fsp3) is 0.0667. The molecule has 100 valence electrons. The van der Waals surface area contributed by atoms with Crippen molar-refractivity contribution in [2.24, 2.45) is 7.05 Å². The van der Waals surface area contributed by atoms with E-state index in [4.69, 9.17) is 0 Å². The van der Waals surface area contributed by atoms with E-state index in [1.54, 1.807) is 54.3 Å². The molecule has 0 aliphatic rings. The van der Waals surface area contributed by atoms with Crippen molar-refractivity contribution in [2.75, 3.05) is 5.32 Å². The van der Waals surface area contributed by atoms with Gasteiger partial charge in [-0.1, -0.05) is 6.07 Å². The summed E-state index contributed by atoms with van der Waals surface area (Å²) >= 11 is 0. The Kier molecular flexibility index (Phi) is 2.95. The van der Waals surface area contributed by atoms with E-state index in [2.05, 4.69) is 10.3 Å². The van der Waals surface area contributed by atoms with Crippen LogP contribution in [0.25, 0.3) is 10.9 Å². The van der Waals surface area contributed by atoms with Crippen LogP contribution in [0.15, 0.2) is 48.8 Å². The van der Waals surface area contributed by atoms with Crippen LogP contribution in [0.3, 0.4) is 0 Å². The molecule has 0 spiro atoms. The fourth-order valence-corrected chi connectivity index (χ4v) is 2.17. The lowest BCUT2D eigenvalue weighted by molar-refractivity contribution is 0.101. The molecule has 1 N–H and O–H groups in total. The van der Waals surface area contributed by atoms with Gasteiger partial charge in [-0.25, -0.2) is 4.39 Å². The van der Waals surface area contributed by atoms with Gasteiger partial charge in [0.1, 0.15) is 11.5 Å². The van der Waals surface area contributed by atoms with Gasteiger partial charge < -0.3 is 9.88 Å². The van der Waals surface area contributed by atoms with Crippen LogP contribution in [0.2, 0.25) is 0 Å². The highest BCUT2D eigenvalue weighted by Crippen LogP contribution is 2.22. The van der Waals surface area contributed by atoms with E-state index in [9.17, 15) is 9.18 Å². The number of hydrogen-bond donors (Lipinski definition) is 1. The summed E-state index contributed by atoms with van der Waals surface area (Å²) in [6.07, 6.45) is 3.18. The van der Waals surface area contributed by atoms with E-state index in [1.807, 2.05) is 0 Å². The zero-order valence-corrected chi connectivity index (χ0v) is 10.8. The number of amides is 1. The van der Waals surface area contributed by atoms with Gasteiger partial charge in [-0.15, -0.1) is 0 Å². The molecule has 3 aromatic rings. The van der Waals surface area contributed by atoms with Crippen molar-refractivity contribution in [3.63, 3.8) is 0 Å². The quantitative estimate of drug-likeness (QED) is 0.777. The van der Waals surface area contributed by atoms with E-state index in [0.29, 0.717) is 22.3 Å². The topological polar surface area (TPSA) is 46.9 Å². The maximum Gasteiger partial charge on any atom is 0.272 e. The number of benzene rings is 1. The molecular formula is C15H12FN3O. The first kappa shape index (κ1) is 12.3. The lowest BCUT2D eigenvalue weighted by Crippen LogP contribution is -2.15. The summed E-state index contributed by atoms with van der Waals surface area (Å²) < 4.78 is 15.4. The Morgan fingerprint density at radius 3 is 2.85 bits per heavy atom. The third-order valence-corrected chi connectivity index (χ3v) is 3.19. The number of carbonyl (C=O) groups excluding carboxylic acids is 1. The molecule has 4 nitrogen and oxygen atoms in total. The molecular weight excluding hydrogens is 257 g/mol. The minimum atomic E-state index is -0.335. The molecule has 0 radical (unpaired) electrons. The summed E-state index contributed by atoms with van der Waals surface area (Å²) in [5, 5.41) is 3.17. The normalized spacial score (nSPS) is 10.7. The second-order valence-corrected chi connectivity index (χ2v) is 4.46. The highest BCUT2D eigenvalue weighted by atomic mass is 19.1. The van der Waals surface area contributed by atoms with Crippen LogP contribution in [-0.4, -0.2) is 15.5 Å². The summed E-state index contributed by atoms with van der Waals surface area (Å²) in [6.45, 7) is 0. The van der Waals surface area contributed by atoms with Crippen LogP contribution in [0, 0.1) is 5.82 Å². The maximum absolute atomic E-state index is 13.7. The number of aryl methyl sites for hydroxylation is 1. The second-order valence-electron chi connectivity index (χ2n) is 4.46. The highest BCUT2D eigenvalue weighted by Gasteiger charge is 2.15. The minimum absolute atomic E-state index is 0.295. The Labute approximate surface area is 114 Å². The number of halogens is 1. The van der Waals surface area contributed by atoms with E-state index < -0.39 is 0 Å². The number of hydrogen-bond acceptors (Lipinski definition) is 2. The van der Waals surface area contributed by atoms with Gasteiger partial charge in [0.2, 0.25) is 0 Å². The monoisotopic (exact) mass is 269 g/mol. The van der Waals surface area contributed by atoms with Crippen LogP contribution >= 0.6 is 0 Å². The molecule has 0 aliphatic heterocycles. The zero-order chi connectivity index (χ0) is 14.1. The van der Waals surface area contributed by atoms with Gasteiger partial charge in [0, 0.05) is 18.6 Å². The summed E-state index contributed by atoms with van der Waals surface area (Å²) in [7, 11) is 1.74. The van der Waals surface area contributed by atoms with Gasteiger partial charge >= 0.3 is 0 Å². The smallest absolute Gasteiger partial charge is 0.272 e. The Balaban J connectivity index is 2.00. The third kappa shape index (κ3) is 2.03. The van der Waals surface area contributed by atoms with E-state index >= 15 is 0 Å². The molecule has 0 unspecified atom stereocenters. The largest absolute Gasteiger partial charge is 0.340 e. The Bertz CT molecular complexity index is 780. The van der Waals surface area contributed by atoms with Crippen molar-refractivity contribution < 1.29 is 9.18 Å². The van der Waals surface area contributed by atoms with Gasteiger partial charge in [-0.05, 0) is 30.3 Å². The van der Waals surface area contributed by atoms with Crippen LogP contribution in [-0.2, 0) is 7.05 Å². The number of carbonyl (C=O) groups is 1. The second kappa shape index (κ2) is 4.77. The summed E-state index contributed by atoms with van der Waals surface area (Å²) in [5.74, 6) is -0.630. The van der Waals surface area contributed by atoms with E-state index in [1.165, 1.54) is 6.07 Å². The van der Waals surface area contributed by atoms with Crippen molar-refractivity contribution in [1.82, 2.24) is 9.55 Å². The lowest BCUT2D eigenvalue weighted by atomic mass is 10.2.